The van der Waals surface area contributed by atoms with Gasteiger partial charge in [-0.15, -0.1) is 0 Å². The summed E-state index contributed by atoms with van der Waals surface area (Å²) in [5, 5.41) is 9.38. The quantitative estimate of drug-likeness (QED) is 0.831. The van der Waals surface area contributed by atoms with Gasteiger partial charge in [0.2, 0.25) is 0 Å². The topological polar surface area (TPSA) is 87.0 Å². The Kier molecular flexibility index (Phi) is 5.08. The van der Waals surface area contributed by atoms with Gasteiger partial charge in [0.25, 0.3) is 0 Å². The molecule has 7 nitrogen and oxygen atoms in total. The average Bonchev–Trinajstić information content (AvgIpc) is 3.19. The minimum absolute atomic E-state index is 0.000494. The van der Waals surface area contributed by atoms with E-state index >= 15 is 0 Å². The molecular weight excluding hydrogens is 374 g/mol. The van der Waals surface area contributed by atoms with E-state index in [2.05, 4.69) is 13.8 Å². The Labute approximate surface area is 168 Å². The number of aromatic carboxylic acids is 1. The number of carboxylic acid groups (broad SMARTS) is 1. The molecule has 2 aliphatic heterocycles. The highest BCUT2D eigenvalue weighted by Gasteiger charge is 2.30. The van der Waals surface area contributed by atoms with Crippen molar-refractivity contribution in [1.82, 2.24) is 4.57 Å². The molecule has 2 aromatic rings. The molecule has 4 rings (SSSR count). The van der Waals surface area contributed by atoms with Crippen LogP contribution >= 0.6 is 0 Å². The van der Waals surface area contributed by atoms with E-state index in [1.54, 1.807) is 7.11 Å². The summed E-state index contributed by atoms with van der Waals surface area (Å²) in [7, 11) is 1.58. The zero-order chi connectivity index (χ0) is 20.7. The van der Waals surface area contributed by atoms with E-state index in [9.17, 15) is 14.7 Å². The number of carboxylic acids is 1. The largest absolute Gasteiger partial charge is 0.493 e. The molecule has 0 radical (unpaired) electrons. The lowest BCUT2D eigenvalue weighted by atomic mass is 9.87. The van der Waals surface area contributed by atoms with Gasteiger partial charge in [0.1, 0.15) is 11.7 Å². The molecule has 2 aliphatic rings. The van der Waals surface area contributed by atoms with Gasteiger partial charge in [0.05, 0.1) is 26.0 Å². The maximum Gasteiger partial charge on any atom is 0.341 e. The van der Waals surface area contributed by atoms with Crippen LogP contribution in [0.1, 0.15) is 42.2 Å². The summed E-state index contributed by atoms with van der Waals surface area (Å²) >= 11 is 0. The van der Waals surface area contributed by atoms with Crippen LogP contribution in [0.4, 0.5) is 0 Å². The molecule has 1 aromatic carbocycles. The first-order chi connectivity index (χ1) is 13.9. The molecule has 1 unspecified atom stereocenters. The van der Waals surface area contributed by atoms with Crippen LogP contribution in [0, 0.1) is 5.92 Å². The van der Waals surface area contributed by atoms with Gasteiger partial charge >= 0.3 is 5.97 Å². The fraction of sp³-hybridized carbons (Fsp3) is 0.455. The van der Waals surface area contributed by atoms with Gasteiger partial charge in [0, 0.05) is 30.3 Å². The Morgan fingerprint density at radius 2 is 2.07 bits per heavy atom. The lowest BCUT2D eigenvalue weighted by Gasteiger charge is -2.34. The number of fused-ring (bicyclic) bond motifs is 3. The van der Waals surface area contributed by atoms with Gasteiger partial charge in [0.15, 0.2) is 16.9 Å². The number of hydrogen-bond acceptors (Lipinski definition) is 5. The molecule has 2 atom stereocenters. The summed E-state index contributed by atoms with van der Waals surface area (Å²) in [5.41, 5.74) is 1.91. The second-order valence-corrected chi connectivity index (χ2v) is 7.93. The lowest BCUT2D eigenvalue weighted by molar-refractivity contribution is 0.0694. The minimum atomic E-state index is -1.21. The Bertz CT molecular complexity index is 1000. The molecule has 1 fully saturated rings. The van der Waals surface area contributed by atoms with E-state index in [4.69, 9.17) is 14.2 Å². The van der Waals surface area contributed by atoms with Crippen molar-refractivity contribution in [1.29, 1.82) is 0 Å². The van der Waals surface area contributed by atoms with Gasteiger partial charge in [-0.3, -0.25) is 4.79 Å². The van der Waals surface area contributed by atoms with Crippen molar-refractivity contribution in [3.8, 4) is 22.8 Å². The van der Waals surface area contributed by atoms with Gasteiger partial charge in [-0.25, -0.2) is 4.79 Å². The standard InChI is InChI=1S/C22H25NO6/c1-12(2)17-6-13-7-21(29-14-4-5-28-11-14)20(27-3)8-15(13)18-9-19(24)16(22(25)26)10-23(17)18/h7-10,12,14,17H,4-6,11H2,1-3H3,(H,25,26)/t14-,17?/m0/s1. The van der Waals surface area contributed by atoms with Crippen LogP contribution < -0.4 is 14.9 Å². The van der Waals surface area contributed by atoms with Gasteiger partial charge in [-0.1, -0.05) is 13.8 Å². The van der Waals surface area contributed by atoms with Crippen LogP contribution in [0.15, 0.2) is 29.2 Å². The number of hydrogen-bond donors (Lipinski definition) is 1. The monoisotopic (exact) mass is 399 g/mol. The van der Waals surface area contributed by atoms with Crippen molar-refractivity contribution >= 4 is 5.97 Å². The zero-order valence-corrected chi connectivity index (χ0v) is 16.8. The fourth-order valence-corrected chi connectivity index (χ4v) is 4.13. The average molecular weight is 399 g/mol. The van der Waals surface area contributed by atoms with Crippen LogP contribution in [0.25, 0.3) is 11.3 Å². The summed E-state index contributed by atoms with van der Waals surface area (Å²) in [6.45, 7) is 5.43. The number of carbonyl (C=O) groups is 1. The predicted molar refractivity (Wildman–Crippen MR) is 107 cm³/mol. The summed E-state index contributed by atoms with van der Waals surface area (Å²) in [6.07, 6.45) is 3.02. The summed E-state index contributed by atoms with van der Waals surface area (Å²) in [6, 6.07) is 5.32. The molecule has 29 heavy (non-hydrogen) atoms. The molecule has 0 aliphatic carbocycles. The molecule has 1 saturated heterocycles. The van der Waals surface area contributed by atoms with E-state index in [0.717, 1.165) is 17.5 Å². The molecule has 0 bridgehead atoms. The van der Waals surface area contributed by atoms with Crippen LogP contribution in [0.5, 0.6) is 11.5 Å². The highest BCUT2D eigenvalue weighted by molar-refractivity contribution is 5.87. The van der Waals surface area contributed by atoms with E-state index in [-0.39, 0.29) is 23.6 Å². The van der Waals surface area contributed by atoms with Crippen LogP contribution in [-0.2, 0) is 11.2 Å². The first-order valence-electron chi connectivity index (χ1n) is 9.84. The molecule has 3 heterocycles. The molecule has 1 aromatic heterocycles. The van der Waals surface area contributed by atoms with Gasteiger partial charge in [-0.2, -0.15) is 0 Å². The third kappa shape index (κ3) is 3.51. The summed E-state index contributed by atoms with van der Waals surface area (Å²) < 4.78 is 19.0. The highest BCUT2D eigenvalue weighted by atomic mass is 16.6. The smallest absolute Gasteiger partial charge is 0.341 e. The Morgan fingerprint density at radius 1 is 1.28 bits per heavy atom. The Hall–Kier alpha value is -2.80. The van der Waals surface area contributed by atoms with Crippen molar-refractivity contribution < 1.29 is 24.1 Å². The van der Waals surface area contributed by atoms with Crippen molar-refractivity contribution in [2.75, 3.05) is 20.3 Å². The summed E-state index contributed by atoms with van der Waals surface area (Å²) in [5.74, 6) is 0.293. The van der Waals surface area contributed by atoms with Crippen LogP contribution in [0.3, 0.4) is 0 Å². The molecule has 0 saturated carbocycles. The number of nitrogens with zero attached hydrogens (tertiary/aromatic N) is 1. The Morgan fingerprint density at radius 3 is 2.69 bits per heavy atom. The normalized spacial score (nSPS) is 20.3. The molecule has 1 N–H and O–H groups in total. The molecule has 154 valence electrons. The third-order valence-corrected chi connectivity index (χ3v) is 5.71. The molecule has 0 amide bonds. The van der Waals surface area contributed by atoms with E-state index in [1.165, 1.54) is 12.3 Å². The lowest BCUT2D eigenvalue weighted by Crippen LogP contribution is -2.28. The van der Waals surface area contributed by atoms with E-state index < -0.39 is 11.4 Å². The second-order valence-electron chi connectivity index (χ2n) is 7.93. The van der Waals surface area contributed by atoms with E-state index in [0.29, 0.717) is 36.8 Å². The van der Waals surface area contributed by atoms with Crippen LogP contribution in [-0.4, -0.2) is 42.1 Å². The third-order valence-electron chi connectivity index (χ3n) is 5.71. The Balaban J connectivity index is 1.86. The number of rotatable bonds is 5. The van der Waals surface area contributed by atoms with Gasteiger partial charge in [-0.05, 0) is 30.0 Å². The zero-order valence-electron chi connectivity index (χ0n) is 16.8. The number of benzene rings is 1. The van der Waals surface area contributed by atoms with Crippen molar-refractivity contribution in [2.24, 2.45) is 5.92 Å². The maximum atomic E-state index is 12.4. The first-order valence-corrected chi connectivity index (χ1v) is 9.84. The van der Waals surface area contributed by atoms with Gasteiger partial charge < -0.3 is 23.9 Å². The highest BCUT2D eigenvalue weighted by Crippen LogP contribution is 2.43. The van der Waals surface area contributed by atoms with Crippen LogP contribution in [0.2, 0.25) is 0 Å². The number of pyridine rings is 1. The van der Waals surface area contributed by atoms with Crippen molar-refractivity contribution in [2.45, 2.75) is 38.8 Å². The van der Waals surface area contributed by atoms with E-state index in [1.807, 2.05) is 16.7 Å². The minimum Gasteiger partial charge on any atom is -0.493 e. The van der Waals surface area contributed by atoms with Crippen molar-refractivity contribution in [3.05, 3.63) is 45.7 Å². The van der Waals surface area contributed by atoms with Crippen molar-refractivity contribution in [3.63, 3.8) is 0 Å². The number of methoxy groups -OCH3 is 1. The second kappa shape index (κ2) is 7.55. The fourth-order valence-electron chi connectivity index (χ4n) is 4.13. The number of aromatic nitrogens is 1. The molecular formula is C22H25NO6. The predicted octanol–water partition coefficient (Wildman–Crippen LogP) is 3.14. The number of ether oxygens (including phenoxy) is 3. The molecule has 7 heteroatoms. The molecule has 0 spiro atoms. The first kappa shape index (κ1) is 19.5. The summed E-state index contributed by atoms with van der Waals surface area (Å²) in [4.78, 5) is 23.9. The maximum absolute atomic E-state index is 12.4. The SMILES string of the molecule is COc1cc2c(cc1O[C@H]1CCOC1)CC(C(C)C)n1cc(C(=O)O)c(=O)cc1-2.